The lowest BCUT2D eigenvalue weighted by Crippen LogP contribution is -2.30. The van der Waals surface area contributed by atoms with Gasteiger partial charge in [0.25, 0.3) is 5.91 Å². The molecule has 7 heteroatoms. The predicted molar refractivity (Wildman–Crippen MR) is 128 cm³/mol. The Morgan fingerprint density at radius 3 is 2.53 bits per heavy atom. The highest BCUT2D eigenvalue weighted by atomic mass is 79.9. The first kappa shape index (κ1) is 20.9. The van der Waals surface area contributed by atoms with Gasteiger partial charge in [0.1, 0.15) is 21.6 Å². The van der Waals surface area contributed by atoms with Gasteiger partial charge in [-0.15, -0.1) is 0 Å². The molecular formula is C23H18BrNO3S2. The van der Waals surface area contributed by atoms with E-state index >= 15 is 0 Å². The molecule has 152 valence electrons. The quantitative estimate of drug-likeness (QED) is 0.300. The molecule has 0 spiro atoms. The monoisotopic (exact) mass is 499 g/mol. The summed E-state index contributed by atoms with van der Waals surface area (Å²) in [6.07, 6.45) is 2.48. The zero-order chi connectivity index (χ0) is 21.1. The lowest BCUT2D eigenvalue weighted by atomic mass is 10.1. The van der Waals surface area contributed by atoms with Gasteiger partial charge in [-0.3, -0.25) is 9.69 Å². The Morgan fingerprint density at radius 2 is 1.83 bits per heavy atom. The van der Waals surface area contributed by atoms with Crippen LogP contribution in [-0.2, 0) is 11.2 Å². The maximum absolute atomic E-state index is 12.8. The van der Waals surface area contributed by atoms with Crippen LogP contribution in [0.3, 0.4) is 0 Å². The van der Waals surface area contributed by atoms with Crippen LogP contribution in [0.15, 0.2) is 74.5 Å². The van der Waals surface area contributed by atoms with Crippen molar-refractivity contribution >= 4 is 56.2 Å². The van der Waals surface area contributed by atoms with Gasteiger partial charge in [-0.05, 0) is 48.4 Å². The first-order valence-corrected chi connectivity index (χ1v) is 11.3. The summed E-state index contributed by atoms with van der Waals surface area (Å²) in [6, 6.07) is 19.5. The highest BCUT2D eigenvalue weighted by Crippen LogP contribution is 2.34. The number of hydrogen-bond acceptors (Lipinski definition) is 5. The summed E-state index contributed by atoms with van der Waals surface area (Å²) < 4.78 is 12.7. The third-order valence-electron chi connectivity index (χ3n) is 4.69. The number of carbonyl (C=O) groups is 1. The molecule has 4 nitrogen and oxygen atoms in total. The number of methoxy groups -OCH3 is 1. The van der Waals surface area contributed by atoms with Gasteiger partial charge in [-0.2, -0.15) is 0 Å². The molecule has 0 N–H and O–H groups in total. The summed E-state index contributed by atoms with van der Waals surface area (Å²) in [5.41, 5.74) is 2.10. The number of thioether (sulfide) groups is 1. The third-order valence-corrected chi connectivity index (χ3v) is 6.59. The van der Waals surface area contributed by atoms with Gasteiger partial charge in [0, 0.05) is 22.7 Å². The van der Waals surface area contributed by atoms with Gasteiger partial charge >= 0.3 is 0 Å². The molecular weight excluding hydrogens is 482 g/mol. The number of halogens is 1. The van der Waals surface area contributed by atoms with Gasteiger partial charge in [0.2, 0.25) is 0 Å². The van der Waals surface area contributed by atoms with E-state index in [4.69, 9.17) is 21.4 Å². The Kier molecular flexibility index (Phi) is 6.41. The van der Waals surface area contributed by atoms with Crippen LogP contribution in [0.4, 0.5) is 0 Å². The number of nitrogens with zero attached hydrogens (tertiary/aromatic N) is 1. The molecule has 1 aromatic heterocycles. The van der Waals surface area contributed by atoms with Crippen LogP contribution in [0.25, 0.3) is 17.4 Å². The standard InChI is InChI=1S/C23H18BrNO3S2/c1-27-18-8-2-15(3-9-18)12-13-25-22(26)21(30-23(25)29)14-19-10-11-20(28-19)16-4-6-17(24)7-5-16/h2-11,14H,12-13H2,1H3/b21-14+. The number of rotatable bonds is 6. The molecule has 0 saturated carbocycles. The second-order valence-electron chi connectivity index (χ2n) is 6.64. The first-order chi connectivity index (χ1) is 14.5. The fourth-order valence-electron chi connectivity index (χ4n) is 3.05. The molecule has 0 radical (unpaired) electrons. The molecule has 1 saturated heterocycles. The number of furan rings is 1. The average molecular weight is 500 g/mol. The zero-order valence-electron chi connectivity index (χ0n) is 16.1. The fourth-order valence-corrected chi connectivity index (χ4v) is 4.61. The number of amides is 1. The van der Waals surface area contributed by atoms with Gasteiger partial charge in [-0.1, -0.05) is 64.2 Å². The average Bonchev–Trinajstić information content (AvgIpc) is 3.32. The van der Waals surface area contributed by atoms with E-state index < -0.39 is 0 Å². The van der Waals surface area contributed by atoms with Gasteiger partial charge in [0.05, 0.1) is 12.0 Å². The topological polar surface area (TPSA) is 42.7 Å². The van der Waals surface area contributed by atoms with Crippen molar-refractivity contribution in [2.24, 2.45) is 0 Å². The Balaban J connectivity index is 1.44. The van der Waals surface area contributed by atoms with Crippen molar-refractivity contribution in [1.82, 2.24) is 4.90 Å². The van der Waals surface area contributed by atoms with Crippen molar-refractivity contribution in [3.05, 3.63) is 81.4 Å². The summed E-state index contributed by atoms with van der Waals surface area (Å²) in [5.74, 6) is 2.11. The van der Waals surface area contributed by atoms with Crippen molar-refractivity contribution in [2.75, 3.05) is 13.7 Å². The van der Waals surface area contributed by atoms with Crippen LogP contribution in [0.5, 0.6) is 5.75 Å². The molecule has 2 heterocycles. The van der Waals surface area contributed by atoms with Gasteiger partial charge < -0.3 is 9.15 Å². The highest BCUT2D eigenvalue weighted by Gasteiger charge is 2.31. The molecule has 1 aliphatic rings. The minimum absolute atomic E-state index is 0.0832. The number of thiocarbonyl (C=S) groups is 1. The van der Waals surface area contributed by atoms with Crippen LogP contribution >= 0.6 is 39.9 Å². The fraction of sp³-hybridized carbons (Fsp3) is 0.130. The van der Waals surface area contributed by atoms with Crippen LogP contribution in [0.1, 0.15) is 11.3 Å². The largest absolute Gasteiger partial charge is 0.497 e. The number of ether oxygens (including phenoxy) is 1. The summed E-state index contributed by atoms with van der Waals surface area (Å²) in [5, 5.41) is 0. The number of benzene rings is 2. The molecule has 4 rings (SSSR count). The number of hydrogen-bond donors (Lipinski definition) is 0. The molecule has 3 aromatic rings. The molecule has 1 fully saturated rings. The number of carbonyl (C=O) groups excluding carboxylic acids is 1. The van der Waals surface area contributed by atoms with E-state index in [1.807, 2.05) is 60.7 Å². The van der Waals surface area contributed by atoms with Crippen molar-refractivity contribution in [3.8, 4) is 17.1 Å². The summed E-state index contributed by atoms with van der Waals surface area (Å²) >= 11 is 10.2. The highest BCUT2D eigenvalue weighted by molar-refractivity contribution is 9.10. The predicted octanol–water partition coefficient (Wildman–Crippen LogP) is 6.16. The van der Waals surface area contributed by atoms with E-state index in [0.29, 0.717) is 21.5 Å². The second kappa shape index (κ2) is 9.20. The molecule has 0 aliphatic carbocycles. The smallest absolute Gasteiger partial charge is 0.266 e. The van der Waals surface area contributed by atoms with E-state index in [1.54, 1.807) is 18.1 Å². The van der Waals surface area contributed by atoms with Gasteiger partial charge in [-0.25, -0.2) is 0 Å². The Bertz CT molecular complexity index is 1100. The minimum atomic E-state index is -0.0832. The Labute approximate surface area is 193 Å². The molecule has 0 bridgehead atoms. The molecule has 0 unspecified atom stereocenters. The second-order valence-corrected chi connectivity index (χ2v) is 9.23. The lowest BCUT2D eigenvalue weighted by molar-refractivity contribution is -0.122. The molecule has 0 atom stereocenters. The van der Waals surface area contributed by atoms with Crippen molar-refractivity contribution in [1.29, 1.82) is 0 Å². The summed E-state index contributed by atoms with van der Waals surface area (Å²) in [6.45, 7) is 0.538. The molecule has 2 aromatic carbocycles. The van der Waals surface area contributed by atoms with E-state index in [-0.39, 0.29) is 5.91 Å². The van der Waals surface area contributed by atoms with E-state index in [2.05, 4.69) is 15.9 Å². The van der Waals surface area contributed by atoms with Crippen LogP contribution < -0.4 is 4.74 Å². The third kappa shape index (κ3) is 4.69. The Morgan fingerprint density at radius 1 is 1.10 bits per heavy atom. The van der Waals surface area contributed by atoms with Crippen LogP contribution in [0, 0.1) is 0 Å². The maximum atomic E-state index is 12.8. The van der Waals surface area contributed by atoms with Crippen molar-refractivity contribution < 1.29 is 13.9 Å². The van der Waals surface area contributed by atoms with E-state index in [0.717, 1.165) is 33.5 Å². The normalized spacial score (nSPS) is 15.3. The minimum Gasteiger partial charge on any atom is -0.497 e. The molecule has 30 heavy (non-hydrogen) atoms. The molecule has 1 amide bonds. The summed E-state index contributed by atoms with van der Waals surface area (Å²) in [7, 11) is 1.64. The summed E-state index contributed by atoms with van der Waals surface area (Å²) in [4.78, 5) is 15.1. The van der Waals surface area contributed by atoms with Crippen LogP contribution in [0.2, 0.25) is 0 Å². The lowest BCUT2D eigenvalue weighted by Gasteiger charge is -2.14. The van der Waals surface area contributed by atoms with E-state index in [1.165, 1.54) is 11.8 Å². The first-order valence-electron chi connectivity index (χ1n) is 9.27. The Hall–Kier alpha value is -2.35. The zero-order valence-corrected chi connectivity index (χ0v) is 19.4. The SMILES string of the molecule is COc1ccc(CCN2C(=O)/C(=C\c3ccc(-c4ccc(Br)cc4)o3)SC2=S)cc1. The van der Waals surface area contributed by atoms with Crippen molar-refractivity contribution in [3.63, 3.8) is 0 Å². The van der Waals surface area contributed by atoms with Crippen molar-refractivity contribution in [2.45, 2.75) is 6.42 Å². The van der Waals surface area contributed by atoms with Gasteiger partial charge in [0.15, 0.2) is 0 Å². The van der Waals surface area contributed by atoms with E-state index in [9.17, 15) is 4.79 Å². The van der Waals surface area contributed by atoms with Crippen LogP contribution in [-0.4, -0.2) is 28.8 Å². The maximum Gasteiger partial charge on any atom is 0.266 e. The molecule has 1 aliphatic heterocycles.